The second kappa shape index (κ2) is 6.11. The number of hydrogen-bond acceptors (Lipinski definition) is 3. The molecule has 0 radical (unpaired) electrons. The fourth-order valence-corrected chi connectivity index (χ4v) is 5.17. The van der Waals surface area contributed by atoms with E-state index in [1.807, 2.05) is 25.1 Å². The number of ether oxygens (including phenoxy) is 1. The van der Waals surface area contributed by atoms with Gasteiger partial charge >= 0.3 is 144 Å². The van der Waals surface area contributed by atoms with Gasteiger partial charge in [0.15, 0.2) is 0 Å². The molecule has 2 aromatic rings. The minimum absolute atomic E-state index is 0.291. The van der Waals surface area contributed by atoms with E-state index in [0.717, 1.165) is 23.3 Å². The summed E-state index contributed by atoms with van der Waals surface area (Å²) in [4.78, 5) is 0.291. The summed E-state index contributed by atoms with van der Waals surface area (Å²) >= 11 is 2.92. The number of sulfonamides is 1. The molecule has 4 nitrogen and oxygen atoms in total. The molecule has 0 saturated carbocycles. The first-order chi connectivity index (χ1) is 10.9. The Hall–Kier alpha value is -1.62. The van der Waals surface area contributed by atoms with Crippen molar-refractivity contribution < 1.29 is 13.2 Å². The Morgan fingerprint density at radius 1 is 1.09 bits per heavy atom. The molecule has 0 N–H and O–H groups in total. The van der Waals surface area contributed by atoms with Gasteiger partial charge in [-0.2, -0.15) is 0 Å². The minimum atomic E-state index is -3.64. The Balaban J connectivity index is 2.12. The third kappa shape index (κ3) is 2.94. The van der Waals surface area contributed by atoms with Crippen LogP contribution in [0.1, 0.15) is 17.5 Å². The van der Waals surface area contributed by atoms with Gasteiger partial charge in [0.2, 0.25) is 0 Å². The molecular formula is C17H17NO3SSe. The van der Waals surface area contributed by atoms with E-state index >= 15 is 0 Å². The molecule has 3 rings (SSSR count). The van der Waals surface area contributed by atoms with E-state index in [-0.39, 0.29) is 0 Å². The predicted octanol–water partition coefficient (Wildman–Crippen LogP) is 2.44. The van der Waals surface area contributed by atoms with Crippen molar-refractivity contribution in [1.29, 1.82) is 0 Å². The number of nitrogens with zero attached hydrogens (tertiary/aromatic N) is 1. The molecular weight excluding hydrogens is 377 g/mol. The normalized spacial score (nSPS) is 14.5. The van der Waals surface area contributed by atoms with Crippen LogP contribution in [0, 0.1) is 6.92 Å². The number of aryl methyl sites for hydroxylation is 2. The van der Waals surface area contributed by atoms with Gasteiger partial charge in [0, 0.05) is 0 Å². The number of hydrogen-bond donors (Lipinski definition) is 0. The van der Waals surface area contributed by atoms with Crippen LogP contribution in [0.25, 0.3) is 0 Å². The fourth-order valence-electron chi connectivity index (χ4n) is 2.64. The number of rotatable bonds is 3. The standard InChI is InChI=1S/C17H17NO3SSe/c1-12-3-7-15(8-4-12)22(19,20)18-16-9-6-14(21-2)11-13(16)5-10-17(18)23/h3-4,6-9,11H,5,10H2,1-2H3. The molecule has 1 aliphatic rings. The van der Waals surface area contributed by atoms with Crippen molar-refractivity contribution in [1.82, 2.24) is 0 Å². The molecule has 0 aromatic heterocycles. The van der Waals surface area contributed by atoms with Crippen molar-refractivity contribution >= 4 is 35.8 Å². The zero-order chi connectivity index (χ0) is 16.6. The topological polar surface area (TPSA) is 46.6 Å². The van der Waals surface area contributed by atoms with Crippen molar-refractivity contribution in [2.45, 2.75) is 24.7 Å². The van der Waals surface area contributed by atoms with Crippen molar-refractivity contribution in [2.75, 3.05) is 11.4 Å². The van der Waals surface area contributed by atoms with E-state index in [9.17, 15) is 8.42 Å². The third-order valence-corrected chi connectivity index (χ3v) is 6.74. The second-order valence-corrected chi connectivity index (χ2v) is 8.25. The Morgan fingerprint density at radius 2 is 1.78 bits per heavy atom. The summed E-state index contributed by atoms with van der Waals surface area (Å²) in [5, 5.41) is 0. The first-order valence-corrected chi connectivity index (χ1v) is 9.55. The average Bonchev–Trinajstić information content (AvgIpc) is 2.54. The zero-order valence-electron chi connectivity index (χ0n) is 12.9. The van der Waals surface area contributed by atoms with Crippen LogP contribution in [0.15, 0.2) is 47.4 Å². The Kier molecular flexibility index (Phi) is 4.32. The average molecular weight is 394 g/mol. The van der Waals surface area contributed by atoms with Gasteiger partial charge in [0.1, 0.15) is 0 Å². The van der Waals surface area contributed by atoms with E-state index < -0.39 is 10.0 Å². The molecule has 1 heterocycles. The zero-order valence-corrected chi connectivity index (χ0v) is 15.5. The molecule has 0 atom stereocenters. The van der Waals surface area contributed by atoms with Crippen LogP contribution in [0.4, 0.5) is 5.69 Å². The van der Waals surface area contributed by atoms with E-state index in [1.54, 1.807) is 31.4 Å². The van der Waals surface area contributed by atoms with Crippen molar-refractivity contribution in [3.05, 3.63) is 53.6 Å². The quantitative estimate of drug-likeness (QED) is 0.752. The Bertz CT molecular complexity index is 860. The summed E-state index contributed by atoms with van der Waals surface area (Å²) in [6, 6.07) is 12.4. The van der Waals surface area contributed by atoms with Crippen LogP contribution < -0.4 is 9.04 Å². The Labute approximate surface area is 144 Å². The van der Waals surface area contributed by atoms with Gasteiger partial charge in [-0.05, 0) is 0 Å². The summed E-state index contributed by atoms with van der Waals surface area (Å²) < 4.78 is 33.5. The van der Waals surface area contributed by atoms with Crippen molar-refractivity contribution in [2.24, 2.45) is 0 Å². The Morgan fingerprint density at radius 3 is 2.43 bits per heavy atom. The van der Waals surface area contributed by atoms with Gasteiger partial charge in [-0.3, -0.25) is 0 Å². The van der Waals surface area contributed by atoms with E-state index in [4.69, 9.17) is 4.74 Å². The van der Waals surface area contributed by atoms with Gasteiger partial charge in [-0.25, -0.2) is 0 Å². The molecule has 2 aromatic carbocycles. The van der Waals surface area contributed by atoms with Gasteiger partial charge in [-0.15, -0.1) is 0 Å². The number of anilines is 1. The van der Waals surface area contributed by atoms with Gasteiger partial charge in [-0.1, -0.05) is 0 Å². The first kappa shape index (κ1) is 16.2. The molecule has 0 bridgehead atoms. The maximum atomic E-state index is 13.1. The maximum absolute atomic E-state index is 13.1. The van der Waals surface area contributed by atoms with Gasteiger partial charge in [0.05, 0.1) is 0 Å². The number of benzene rings is 2. The van der Waals surface area contributed by atoms with Crippen LogP contribution >= 0.6 is 0 Å². The fraction of sp³-hybridized carbons (Fsp3) is 0.235. The van der Waals surface area contributed by atoms with Crippen LogP contribution in [-0.4, -0.2) is 35.6 Å². The summed E-state index contributed by atoms with van der Waals surface area (Å²) in [7, 11) is -2.03. The van der Waals surface area contributed by atoms with Crippen LogP contribution in [0.2, 0.25) is 0 Å². The molecule has 0 fully saturated rings. The van der Waals surface area contributed by atoms with E-state index in [2.05, 4.69) is 15.6 Å². The SMILES string of the molecule is COc1ccc2c(c1)CCC(=[Se])N2S(=O)(=O)c1ccc(C)cc1. The summed E-state index contributed by atoms with van der Waals surface area (Å²) in [6.45, 7) is 1.93. The van der Waals surface area contributed by atoms with Crippen LogP contribution in [-0.2, 0) is 16.4 Å². The van der Waals surface area contributed by atoms with Gasteiger partial charge in [0.25, 0.3) is 0 Å². The molecule has 0 aliphatic carbocycles. The molecule has 0 saturated heterocycles. The monoisotopic (exact) mass is 395 g/mol. The van der Waals surface area contributed by atoms with Crippen LogP contribution in [0.5, 0.6) is 5.75 Å². The summed E-state index contributed by atoms with van der Waals surface area (Å²) in [6.07, 6.45) is 1.44. The molecule has 23 heavy (non-hydrogen) atoms. The molecule has 6 heteroatoms. The molecule has 0 unspecified atom stereocenters. The first-order valence-electron chi connectivity index (χ1n) is 7.25. The van der Waals surface area contributed by atoms with E-state index in [0.29, 0.717) is 21.5 Å². The third-order valence-electron chi connectivity index (χ3n) is 3.90. The van der Waals surface area contributed by atoms with Crippen LogP contribution in [0.3, 0.4) is 0 Å². The molecule has 1 aliphatic heterocycles. The molecule has 0 spiro atoms. The number of fused-ring (bicyclic) bond motifs is 1. The van der Waals surface area contributed by atoms with E-state index in [1.165, 1.54) is 4.31 Å². The summed E-state index contributed by atoms with van der Waals surface area (Å²) in [5.41, 5.74) is 2.69. The predicted molar refractivity (Wildman–Crippen MR) is 92.9 cm³/mol. The summed E-state index contributed by atoms with van der Waals surface area (Å²) in [5.74, 6) is 0.736. The second-order valence-electron chi connectivity index (χ2n) is 5.47. The number of methoxy groups -OCH3 is 1. The molecule has 120 valence electrons. The van der Waals surface area contributed by atoms with Crippen molar-refractivity contribution in [3.8, 4) is 5.75 Å². The van der Waals surface area contributed by atoms with Crippen molar-refractivity contribution in [3.63, 3.8) is 0 Å². The molecule has 0 amide bonds. The van der Waals surface area contributed by atoms with Gasteiger partial charge < -0.3 is 0 Å².